The van der Waals surface area contributed by atoms with Gasteiger partial charge in [0, 0.05) is 41.8 Å². The lowest BCUT2D eigenvalue weighted by molar-refractivity contribution is 0.0204. The number of hydrogen-bond donors (Lipinski definition) is 0. The van der Waals surface area contributed by atoms with Crippen LogP contribution in [0.4, 0.5) is 14.4 Å². The van der Waals surface area contributed by atoms with E-state index in [4.69, 9.17) is 14.2 Å². The molecule has 0 N–H and O–H groups in total. The highest BCUT2D eigenvalue weighted by Gasteiger charge is 2.31. The van der Waals surface area contributed by atoms with Crippen molar-refractivity contribution < 1.29 is 28.6 Å². The summed E-state index contributed by atoms with van der Waals surface area (Å²) in [5, 5.41) is 1.74. The molecule has 0 aliphatic carbocycles. The third-order valence-corrected chi connectivity index (χ3v) is 8.37. The third kappa shape index (κ3) is 7.22. The van der Waals surface area contributed by atoms with Crippen molar-refractivity contribution in [3.8, 4) is 11.3 Å². The van der Waals surface area contributed by atoms with Crippen molar-refractivity contribution in [1.29, 1.82) is 0 Å². The lowest BCUT2D eigenvalue weighted by Crippen LogP contribution is -2.41. The minimum atomic E-state index is -0.719. The van der Waals surface area contributed by atoms with Gasteiger partial charge < -0.3 is 19.1 Å². The van der Waals surface area contributed by atoms with Gasteiger partial charge in [0.25, 0.3) is 0 Å². The number of fused-ring (bicyclic) bond motifs is 2. The Balaban J connectivity index is 1.63. The summed E-state index contributed by atoms with van der Waals surface area (Å²) in [7, 11) is 0. The fourth-order valence-electron chi connectivity index (χ4n) is 6.48. The molecule has 48 heavy (non-hydrogen) atoms. The normalized spacial score (nSPS) is 14.9. The topological polar surface area (TPSA) is 105 Å². The van der Waals surface area contributed by atoms with Crippen LogP contribution in [0, 0.1) is 6.92 Å². The minimum absolute atomic E-state index is 0.254. The molecule has 0 atom stereocenters. The van der Waals surface area contributed by atoms with E-state index in [1.54, 1.807) is 21.9 Å². The Bertz CT molecular complexity index is 1870. The zero-order valence-corrected chi connectivity index (χ0v) is 30.3. The number of benzene rings is 1. The first-order chi connectivity index (χ1) is 22.3. The van der Waals surface area contributed by atoms with Crippen LogP contribution in [0.3, 0.4) is 0 Å². The van der Waals surface area contributed by atoms with E-state index in [1.807, 2.05) is 81.4 Å². The average Bonchev–Trinajstić information content (AvgIpc) is 3.49. The van der Waals surface area contributed by atoms with E-state index in [-0.39, 0.29) is 12.0 Å². The Morgan fingerprint density at radius 2 is 1.42 bits per heavy atom. The van der Waals surface area contributed by atoms with Crippen molar-refractivity contribution in [3.05, 3.63) is 53.3 Å². The van der Waals surface area contributed by atoms with Crippen LogP contribution in [-0.2, 0) is 20.6 Å². The van der Waals surface area contributed by atoms with Gasteiger partial charge in [-0.3, -0.25) is 0 Å². The number of carbonyl (C=O) groups excluding carboxylic acids is 3. The molecule has 1 aliphatic heterocycles. The standard InChI is InChI=1S/C38H50N4O6/c1-12-26-28-21-25(24-16-19-40(20-17-24)33(43)46-36(3,4)5)13-14-29(28)42(35(45)48-38(9,10)11)31(26)27-15-18-39-32-30(27)23(2)22-41(32)34(44)47-37(6,7)8/h13-15,18,21-22,24H,12,16-17,19-20H2,1-11H3. The molecule has 0 bridgehead atoms. The highest BCUT2D eigenvalue weighted by molar-refractivity contribution is 6.06. The maximum atomic E-state index is 14.1. The summed E-state index contributed by atoms with van der Waals surface area (Å²) in [5.74, 6) is 0.254. The summed E-state index contributed by atoms with van der Waals surface area (Å²) in [6.45, 7) is 21.9. The summed E-state index contributed by atoms with van der Waals surface area (Å²) in [6, 6.07) is 8.20. The zero-order valence-electron chi connectivity index (χ0n) is 30.3. The number of ether oxygens (including phenoxy) is 3. The molecular formula is C38H50N4O6. The SMILES string of the molecule is CCc1c(-c2ccnc3c2c(C)cn3C(=O)OC(C)(C)C)n(C(=O)OC(C)(C)C)c2ccc(C3CCN(C(=O)OC(C)(C)C)CC3)cc12. The van der Waals surface area contributed by atoms with E-state index in [0.29, 0.717) is 25.2 Å². The van der Waals surface area contributed by atoms with Crippen LogP contribution in [0.25, 0.3) is 33.2 Å². The molecule has 1 aromatic carbocycles. The smallest absolute Gasteiger partial charge is 0.420 e. The molecule has 0 radical (unpaired) electrons. The quantitative estimate of drug-likeness (QED) is 0.202. The average molecular weight is 659 g/mol. The van der Waals surface area contributed by atoms with Gasteiger partial charge in [0.2, 0.25) is 0 Å². The minimum Gasteiger partial charge on any atom is -0.444 e. The second-order valence-corrected chi connectivity index (χ2v) is 15.7. The number of carbonyl (C=O) groups is 3. The molecule has 0 saturated carbocycles. The van der Waals surface area contributed by atoms with Gasteiger partial charge in [-0.05, 0) is 129 Å². The molecule has 1 saturated heterocycles. The molecular weight excluding hydrogens is 608 g/mol. The van der Waals surface area contributed by atoms with E-state index >= 15 is 0 Å². The van der Waals surface area contributed by atoms with Crippen LogP contribution in [0.5, 0.6) is 0 Å². The van der Waals surface area contributed by atoms with Crippen LogP contribution in [0.1, 0.15) is 105 Å². The Labute approximate surface area is 283 Å². The van der Waals surface area contributed by atoms with Gasteiger partial charge in [0.05, 0.1) is 11.2 Å². The van der Waals surface area contributed by atoms with Crippen molar-refractivity contribution in [3.63, 3.8) is 0 Å². The van der Waals surface area contributed by atoms with E-state index < -0.39 is 29.0 Å². The van der Waals surface area contributed by atoms with Crippen molar-refractivity contribution >= 4 is 40.2 Å². The van der Waals surface area contributed by atoms with Crippen LogP contribution in [-0.4, -0.2) is 67.2 Å². The van der Waals surface area contributed by atoms with Gasteiger partial charge in [-0.25, -0.2) is 28.5 Å². The Hall–Kier alpha value is -4.34. The summed E-state index contributed by atoms with van der Waals surface area (Å²) in [4.78, 5) is 46.4. The van der Waals surface area contributed by atoms with Crippen molar-refractivity contribution in [1.82, 2.24) is 19.0 Å². The molecule has 1 amide bonds. The third-order valence-electron chi connectivity index (χ3n) is 8.37. The first kappa shape index (κ1) is 35.0. The maximum Gasteiger partial charge on any atom is 0.420 e. The van der Waals surface area contributed by atoms with Gasteiger partial charge in [-0.2, -0.15) is 0 Å². The molecule has 1 aliphatic rings. The summed E-state index contributed by atoms with van der Waals surface area (Å²) in [5.41, 5.74) is 3.78. The highest BCUT2D eigenvalue weighted by Crippen LogP contribution is 2.41. The van der Waals surface area contributed by atoms with E-state index in [9.17, 15) is 14.4 Å². The van der Waals surface area contributed by atoms with Crippen molar-refractivity contribution in [2.45, 2.75) is 118 Å². The van der Waals surface area contributed by atoms with E-state index in [2.05, 4.69) is 24.0 Å². The molecule has 4 aromatic rings. The Morgan fingerprint density at radius 1 is 0.833 bits per heavy atom. The lowest BCUT2D eigenvalue weighted by atomic mass is 9.88. The van der Waals surface area contributed by atoms with Crippen molar-refractivity contribution in [2.24, 2.45) is 0 Å². The number of amides is 1. The van der Waals surface area contributed by atoms with Gasteiger partial charge in [0.15, 0.2) is 0 Å². The second kappa shape index (κ2) is 12.6. The fraction of sp³-hybridized carbons (Fsp3) is 0.526. The molecule has 10 nitrogen and oxygen atoms in total. The van der Waals surface area contributed by atoms with Gasteiger partial charge >= 0.3 is 18.3 Å². The Morgan fingerprint density at radius 3 is 2.00 bits per heavy atom. The predicted molar refractivity (Wildman–Crippen MR) is 188 cm³/mol. The van der Waals surface area contributed by atoms with Crippen LogP contribution < -0.4 is 0 Å². The Kier molecular flexibility index (Phi) is 9.18. The number of aromatic nitrogens is 3. The number of pyridine rings is 1. The predicted octanol–water partition coefficient (Wildman–Crippen LogP) is 9.21. The van der Waals surface area contributed by atoms with Gasteiger partial charge in [-0.1, -0.05) is 13.0 Å². The number of aryl methyl sites for hydroxylation is 2. The molecule has 0 spiro atoms. The molecule has 0 unspecified atom stereocenters. The van der Waals surface area contributed by atoms with Gasteiger partial charge in [0.1, 0.15) is 22.5 Å². The number of likely N-dealkylation sites (tertiary alicyclic amines) is 1. The number of rotatable bonds is 3. The molecule has 10 heteroatoms. The number of piperidine rings is 1. The van der Waals surface area contributed by atoms with E-state index in [0.717, 1.165) is 51.5 Å². The lowest BCUT2D eigenvalue weighted by Gasteiger charge is -2.33. The maximum absolute atomic E-state index is 14.1. The number of hydrogen-bond acceptors (Lipinski definition) is 7. The zero-order chi connectivity index (χ0) is 35.3. The number of nitrogens with zero attached hydrogens (tertiary/aromatic N) is 4. The first-order valence-corrected chi connectivity index (χ1v) is 16.9. The first-order valence-electron chi connectivity index (χ1n) is 16.9. The van der Waals surface area contributed by atoms with Crippen LogP contribution in [0.15, 0.2) is 36.7 Å². The summed E-state index contributed by atoms with van der Waals surface area (Å²) < 4.78 is 20.4. The largest absolute Gasteiger partial charge is 0.444 e. The van der Waals surface area contributed by atoms with Crippen LogP contribution >= 0.6 is 0 Å². The molecule has 5 rings (SSSR count). The summed E-state index contributed by atoms with van der Waals surface area (Å²) >= 11 is 0. The van der Waals surface area contributed by atoms with E-state index in [1.165, 1.54) is 10.1 Å². The second-order valence-electron chi connectivity index (χ2n) is 15.7. The summed E-state index contributed by atoms with van der Waals surface area (Å²) in [6.07, 6.45) is 4.41. The molecule has 1 fully saturated rings. The van der Waals surface area contributed by atoms with Crippen molar-refractivity contribution in [2.75, 3.05) is 13.1 Å². The molecule has 3 aromatic heterocycles. The highest BCUT2D eigenvalue weighted by atomic mass is 16.6. The fourth-order valence-corrected chi connectivity index (χ4v) is 6.48. The van der Waals surface area contributed by atoms with Gasteiger partial charge in [-0.15, -0.1) is 0 Å². The monoisotopic (exact) mass is 658 g/mol. The molecule has 4 heterocycles. The molecule has 258 valence electrons. The van der Waals surface area contributed by atoms with Crippen LogP contribution in [0.2, 0.25) is 0 Å².